The van der Waals surface area contributed by atoms with Crippen LogP contribution in [0.1, 0.15) is 252 Å². The van der Waals surface area contributed by atoms with E-state index in [0.29, 0.717) is 19.4 Å². The minimum Gasteiger partial charge on any atom is -0.462 e. The molecule has 0 aromatic heterocycles. The van der Waals surface area contributed by atoms with Gasteiger partial charge in [0.15, 0.2) is 6.10 Å². The molecular weight excluding hydrogens is 765 g/mol. The number of allylic oxidation sites excluding steroid dienone is 12. The number of unbranched alkanes of at least 4 members (excludes halogenated alkanes) is 25. The Labute approximate surface area is 385 Å². The maximum atomic E-state index is 12.8. The average Bonchev–Trinajstić information content (AvgIpc) is 3.27. The lowest BCUT2D eigenvalue weighted by Crippen LogP contribution is -2.30. The molecule has 358 valence electrons. The van der Waals surface area contributed by atoms with E-state index in [-0.39, 0.29) is 25.2 Å². The van der Waals surface area contributed by atoms with Gasteiger partial charge in [-0.05, 0) is 109 Å². The molecule has 0 rings (SSSR count). The van der Waals surface area contributed by atoms with Crippen molar-refractivity contribution in [3.05, 3.63) is 72.9 Å². The van der Waals surface area contributed by atoms with Gasteiger partial charge in [0.1, 0.15) is 6.61 Å². The topological polar surface area (TPSA) is 61.8 Å². The van der Waals surface area contributed by atoms with Gasteiger partial charge in [0, 0.05) is 19.4 Å². The highest BCUT2D eigenvalue weighted by Crippen LogP contribution is 2.13. The van der Waals surface area contributed by atoms with Crippen LogP contribution in [0.5, 0.6) is 0 Å². The molecule has 0 saturated heterocycles. The molecule has 5 nitrogen and oxygen atoms in total. The van der Waals surface area contributed by atoms with E-state index in [0.717, 1.165) is 89.9 Å². The minimum atomic E-state index is -0.555. The second kappa shape index (κ2) is 52.7. The van der Waals surface area contributed by atoms with E-state index in [1.165, 1.54) is 128 Å². The molecule has 0 fully saturated rings. The van der Waals surface area contributed by atoms with Crippen LogP contribution < -0.4 is 0 Å². The van der Waals surface area contributed by atoms with Crippen LogP contribution in [-0.2, 0) is 23.8 Å². The van der Waals surface area contributed by atoms with Crippen molar-refractivity contribution in [1.29, 1.82) is 0 Å². The van der Waals surface area contributed by atoms with Crippen molar-refractivity contribution in [3.63, 3.8) is 0 Å². The third kappa shape index (κ3) is 50.0. The fourth-order valence-corrected chi connectivity index (χ4v) is 7.25. The molecule has 0 aromatic rings. The summed E-state index contributed by atoms with van der Waals surface area (Å²) < 4.78 is 17.4. The first-order valence-corrected chi connectivity index (χ1v) is 26.5. The number of hydrogen-bond donors (Lipinski definition) is 0. The number of esters is 2. The third-order valence-corrected chi connectivity index (χ3v) is 11.2. The second-order valence-electron chi connectivity index (χ2n) is 17.4. The van der Waals surface area contributed by atoms with Gasteiger partial charge >= 0.3 is 11.9 Å². The van der Waals surface area contributed by atoms with E-state index in [4.69, 9.17) is 14.2 Å². The molecule has 0 aromatic carbocycles. The Hall–Kier alpha value is -2.66. The standard InChI is InChI=1S/C57H100O5/c1-4-7-10-13-16-19-22-25-28-31-34-37-40-43-46-49-52-60-53-55(62-57(59)51-48-45-42-39-36-33-30-27-24-21-18-15-12-9-6-3)54-61-56(58)50-47-44-41-38-35-32-29-26-23-20-17-14-11-8-5-2/h8,11,16-17,19-20,25-30,55H,4-7,9-10,12-15,18,21-24,31-54H2,1-3H3/b11-8-,19-16-,20-17-,28-25-,29-26-,30-27-. The van der Waals surface area contributed by atoms with Gasteiger partial charge in [-0.25, -0.2) is 0 Å². The van der Waals surface area contributed by atoms with Crippen LogP contribution in [0, 0.1) is 0 Å². The highest BCUT2D eigenvalue weighted by Gasteiger charge is 2.17. The molecule has 0 aliphatic rings. The lowest BCUT2D eigenvalue weighted by molar-refractivity contribution is -0.163. The average molecular weight is 865 g/mol. The fraction of sp³-hybridized carbons (Fsp3) is 0.754. The smallest absolute Gasteiger partial charge is 0.306 e. The second-order valence-corrected chi connectivity index (χ2v) is 17.4. The summed E-state index contributed by atoms with van der Waals surface area (Å²) >= 11 is 0. The predicted molar refractivity (Wildman–Crippen MR) is 270 cm³/mol. The maximum Gasteiger partial charge on any atom is 0.306 e. The molecule has 0 spiro atoms. The zero-order valence-electron chi connectivity index (χ0n) is 41.1. The number of ether oxygens (including phenoxy) is 3. The van der Waals surface area contributed by atoms with Gasteiger partial charge in [-0.2, -0.15) is 0 Å². The van der Waals surface area contributed by atoms with Crippen molar-refractivity contribution in [2.75, 3.05) is 19.8 Å². The third-order valence-electron chi connectivity index (χ3n) is 11.2. The molecule has 0 saturated carbocycles. The van der Waals surface area contributed by atoms with E-state index < -0.39 is 6.10 Å². The van der Waals surface area contributed by atoms with Gasteiger partial charge in [0.25, 0.3) is 0 Å². The molecule has 62 heavy (non-hydrogen) atoms. The van der Waals surface area contributed by atoms with E-state index in [1.807, 2.05) is 0 Å². The quantitative estimate of drug-likeness (QED) is 0.0346. The molecule has 0 radical (unpaired) electrons. The SMILES string of the molecule is CC/C=C\C/C=C\C/C=C\CCCCCCCC(=O)OCC(COCCCCCCCC/C=C\C/C=C\CCCCC)OC(=O)CCCCCCC/C=C\CCCCCCCC. The van der Waals surface area contributed by atoms with Gasteiger partial charge < -0.3 is 14.2 Å². The molecule has 0 heterocycles. The van der Waals surface area contributed by atoms with E-state index >= 15 is 0 Å². The number of carbonyl (C=O) groups excluding carboxylic acids is 2. The maximum absolute atomic E-state index is 12.8. The van der Waals surface area contributed by atoms with Crippen molar-refractivity contribution in [3.8, 4) is 0 Å². The Kier molecular flexibility index (Phi) is 50.4. The molecule has 0 aliphatic heterocycles. The van der Waals surface area contributed by atoms with Crippen LogP contribution >= 0.6 is 0 Å². The zero-order chi connectivity index (χ0) is 44.9. The molecular formula is C57H100O5. The van der Waals surface area contributed by atoms with Crippen molar-refractivity contribution in [1.82, 2.24) is 0 Å². The minimum absolute atomic E-state index is 0.0671. The molecule has 0 N–H and O–H groups in total. The van der Waals surface area contributed by atoms with E-state index in [1.54, 1.807) is 0 Å². The summed E-state index contributed by atoms with van der Waals surface area (Å²) in [5, 5.41) is 0. The first-order valence-electron chi connectivity index (χ1n) is 26.5. The first-order chi connectivity index (χ1) is 30.6. The Balaban J connectivity index is 4.33. The van der Waals surface area contributed by atoms with Gasteiger partial charge in [0.2, 0.25) is 0 Å². The lowest BCUT2D eigenvalue weighted by Gasteiger charge is -2.18. The van der Waals surface area contributed by atoms with Crippen molar-refractivity contribution >= 4 is 11.9 Å². The van der Waals surface area contributed by atoms with Crippen LogP contribution in [0.3, 0.4) is 0 Å². The van der Waals surface area contributed by atoms with Gasteiger partial charge in [-0.15, -0.1) is 0 Å². The summed E-state index contributed by atoms with van der Waals surface area (Å²) in [6.45, 7) is 7.65. The highest BCUT2D eigenvalue weighted by atomic mass is 16.6. The Morgan fingerprint density at radius 2 is 0.726 bits per heavy atom. The van der Waals surface area contributed by atoms with Gasteiger partial charge in [-0.3, -0.25) is 9.59 Å². The van der Waals surface area contributed by atoms with Crippen LogP contribution in [0.2, 0.25) is 0 Å². The molecule has 5 heteroatoms. The lowest BCUT2D eigenvalue weighted by atomic mass is 10.1. The van der Waals surface area contributed by atoms with E-state index in [2.05, 4.69) is 93.7 Å². The Bertz CT molecular complexity index is 1110. The van der Waals surface area contributed by atoms with Crippen LogP contribution in [0.4, 0.5) is 0 Å². The summed E-state index contributed by atoms with van der Waals surface area (Å²) in [6.07, 6.45) is 67.6. The largest absolute Gasteiger partial charge is 0.462 e. The normalized spacial score (nSPS) is 12.8. The zero-order valence-corrected chi connectivity index (χ0v) is 41.1. The molecule has 1 unspecified atom stereocenters. The number of carbonyl (C=O) groups is 2. The Morgan fingerprint density at radius 3 is 1.21 bits per heavy atom. The van der Waals surface area contributed by atoms with Crippen molar-refractivity contribution < 1.29 is 23.8 Å². The number of hydrogen-bond acceptors (Lipinski definition) is 5. The molecule has 0 aliphatic carbocycles. The number of rotatable bonds is 48. The monoisotopic (exact) mass is 865 g/mol. The van der Waals surface area contributed by atoms with Crippen molar-refractivity contribution in [2.45, 2.75) is 258 Å². The molecule has 0 bridgehead atoms. The summed E-state index contributed by atoms with van der Waals surface area (Å²) in [7, 11) is 0. The summed E-state index contributed by atoms with van der Waals surface area (Å²) in [4.78, 5) is 25.4. The fourth-order valence-electron chi connectivity index (χ4n) is 7.25. The summed E-state index contributed by atoms with van der Waals surface area (Å²) in [5.74, 6) is -0.429. The first kappa shape index (κ1) is 59.3. The van der Waals surface area contributed by atoms with Gasteiger partial charge in [0.05, 0.1) is 6.61 Å². The van der Waals surface area contributed by atoms with Crippen LogP contribution in [0.25, 0.3) is 0 Å². The molecule has 0 amide bonds. The van der Waals surface area contributed by atoms with Crippen molar-refractivity contribution in [2.24, 2.45) is 0 Å². The van der Waals surface area contributed by atoms with Crippen LogP contribution in [0.15, 0.2) is 72.9 Å². The Morgan fingerprint density at radius 1 is 0.371 bits per heavy atom. The van der Waals surface area contributed by atoms with Crippen LogP contribution in [-0.4, -0.2) is 37.9 Å². The summed E-state index contributed by atoms with van der Waals surface area (Å²) in [6, 6.07) is 0. The van der Waals surface area contributed by atoms with Gasteiger partial charge in [-0.1, -0.05) is 203 Å². The molecule has 1 atom stereocenters. The predicted octanol–water partition coefficient (Wildman–Crippen LogP) is 17.9. The van der Waals surface area contributed by atoms with E-state index in [9.17, 15) is 9.59 Å². The highest BCUT2D eigenvalue weighted by molar-refractivity contribution is 5.70. The summed E-state index contributed by atoms with van der Waals surface area (Å²) in [5.41, 5.74) is 0.